The molecule has 0 aliphatic carbocycles. The summed E-state index contributed by atoms with van der Waals surface area (Å²) in [6, 6.07) is 6.46. The van der Waals surface area contributed by atoms with Gasteiger partial charge in [0.25, 0.3) is 6.43 Å². The van der Waals surface area contributed by atoms with Crippen LogP contribution in [0, 0.1) is 3.57 Å². The van der Waals surface area contributed by atoms with Gasteiger partial charge in [-0.15, -0.1) is 0 Å². The standard InChI is InChI=1S/C7H5F2I/c8-7(9)5-3-1-2-4-6(5)10/h1-4,7H. The van der Waals surface area contributed by atoms with Crippen LogP contribution in [0.4, 0.5) is 8.78 Å². The Bertz CT molecular complexity index is 223. The van der Waals surface area contributed by atoms with Crippen molar-refractivity contribution in [1.82, 2.24) is 0 Å². The summed E-state index contributed by atoms with van der Waals surface area (Å²) in [6.07, 6.45) is -2.35. The predicted octanol–water partition coefficient (Wildman–Crippen LogP) is 3.23. The topological polar surface area (TPSA) is 0 Å². The Hall–Kier alpha value is -0.190. The summed E-state index contributed by atoms with van der Waals surface area (Å²) in [4.78, 5) is 0. The molecule has 0 radical (unpaired) electrons. The molecule has 0 saturated carbocycles. The Morgan fingerprint density at radius 1 is 1.20 bits per heavy atom. The normalized spacial score (nSPS) is 10.4. The molecule has 0 amide bonds. The molecule has 0 aliphatic rings. The van der Waals surface area contributed by atoms with Crippen LogP contribution < -0.4 is 0 Å². The largest absolute Gasteiger partial charge is 0.264 e. The molecule has 0 unspecified atom stereocenters. The average molecular weight is 254 g/mol. The van der Waals surface area contributed by atoms with E-state index in [9.17, 15) is 8.78 Å². The number of rotatable bonds is 1. The van der Waals surface area contributed by atoms with Crippen molar-refractivity contribution >= 4 is 22.6 Å². The lowest BCUT2D eigenvalue weighted by Gasteiger charge is -1.99. The molecule has 0 bridgehead atoms. The highest BCUT2D eigenvalue weighted by molar-refractivity contribution is 14.1. The van der Waals surface area contributed by atoms with Gasteiger partial charge in [-0.05, 0) is 28.7 Å². The van der Waals surface area contributed by atoms with Crippen LogP contribution in [0.5, 0.6) is 0 Å². The molecule has 0 aliphatic heterocycles. The van der Waals surface area contributed by atoms with Gasteiger partial charge in [0.2, 0.25) is 0 Å². The summed E-state index contributed by atoms with van der Waals surface area (Å²) in [5.74, 6) is 0. The van der Waals surface area contributed by atoms with Crippen LogP contribution in [-0.4, -0.2) is 0 Å². The zero-order valence-corrected chi connectivity index (χ0v) is 7.18. The molecule has 1 aromatic carbocycles. The lowest BCUT2D eigenvalue weighted by Crippen LogP contribution is -1.86. The fourth-order valence-electron chi connectivity index (χ4n) is 0.652. The summed E-state index contributed by atoms with van der Waals surface area (Å²) in [6.45, 7) is 0. The van der Waals surface area contributed by atoms with Crippen molar-refractivity contribution in [2.75, 3.05) is 0 Å². The SMILES string of the molecule is FC(F)c1ccccc1I. The number of halogens is 3. The van der Waals surface area contributed by atoms with E-state index in [0.717, 1.165) is 0 Å². The fraction of sp³-hybridized carbons (Fsp3) is 0.143. The van der Waals surface area contributed by atoms with Crippen molar-refractivity contribution in [2.45, 2.75) is 6.43 Å². The summed E-state index contributed by atoms with van der Waals surface area (Å²) in [5.41, 5.74) is 0.114. The quantitative estimate of drug-likeness (QED) is 0.675. The van der Waals surface area contributed by atoms with E-state index < -0.39 is 6.43 Å². The van der Waals surface area contributed by atoms with Crippen LogP contribution in [0.1, 0.15) is 12.0 Å². The van der Waals surface area contributed by atoms with Crippen LogP contribution in [0.2, 0.25) is 0 Å². The van der Waals surface area contributed by atoms with Gasteiger partial charge < -0.3 is 0 Å². The Labute approximate surface area is 71.4 Å². The maximum absolute atomic E-state index is 12.0. The van der Waals surface area contributed by atoms with E-state index in [4.69, 9.17) is 0 Å². The maximum Gasteiger partial charge on any atom is 0.264 e. The second-order valence-corrected chi connectivity index (χ2v) is 2.98. The number of alkyl halides is 2. The number of benzene rings is 1. The summed E-state index contributed by atoms with van der Waals surface area (Å²) in [7, 11) is 0. The van der Waals surface area contributed by atoms with Crippen LogP contribution in [0.3, 0.4) is 0 Å². The molecule has 10 heavy (non-hydrogen) atoms. The van der Waals surface area contributed by atoms with Gasteiger partial charge in [0, 0.05) is 9.13 Å². The summed E-state index contributed by atoms with van der Waals surface area (Å²) < 4.78 is 24.7. The molecule has 1 aromatic rings. The van der Waals surface area contributed by atoms with Gasteiger partial charge in [0.15, 0.2) is 0 Å². The highest BCUT2D eigenvalue weighted by Crippen LogP contribution is 2.23. The molecule has 0 atom stereocenters. The molecule has 0 nitrogen and oxygen atoms in total. The van der Waals surface area contributed by atoms with E-state index in [2.05, 4.69) is 0 Å². The zero-order valence-electron chi connectivity index (χ0n) is 5.02. The zero-order chi connectivity index (χ0) is 7.56. The number of hydrogen-bond acceptors (Lipinski definition) is 0. The van der Waals surface area contributed by atoms with Crippen molar-refractivity contribution in [1.29, 1.82) is 0 Å². The lowest BCUT2D eigenvalue weighted by atomic mass is 10.2. The Morgan fingerprint density at radius 2 is 1.80 bits per heavy atom. The minimum absolute atomic E-state index is 0.114. The van der Waals surface area contributed by atoms with Crippen molar-refractivity contribution in [3.05, 3.63) is 33.4 Å². The molecular formula is C7H5F2I. The predicted molar refractivity (Wildman–Crippen MR) is 44.1 cm³/mol. The van der Waals surface area contributed by atoms with Crippen LogP contribution >= 0.6 is 22.6 Å². The van der Waals surface area contributed by atoms with Crippen molar-refractivity contribution < 1.29 is 8.78 Å². The molecule has 0 saturated heterocycles. The first-order chi connectivity index (χ1) is 4.72. The van der Waals surface area contributed by atoms with Gasteiger partial charge in [0.05, 0.1) is 0 Å². The molecule has 0 heterocycles. The van der Waals surface area contributed by atoms with Gasteiger partial charge in [-0.3, -0.25) is 0 Å². The molecule has 0 fully saturated rings. The molecule has 3 heteroatoms. The molecular weight excluding hydrogens is 249 g/mol. The molecule has 0 N–H and O–H groups in total. The smallest absolute Gasteiger partial charge is 0.205 e. The van der Waals surface area contributed by atoms with E-state index in [1.54, 1.807) is 18.2 Å². The second-order valence-electron chi connectivity index (χ2n) is 1.82. The molecule has 1 rings (SSSR count). The fourth-order valence-corrected chi connectivity index (χ4v) is 1.27. The van der Waals surface area contributed by atoms with Crippen LogP contribution in [0.15, 0.2) is 24.3 Å². The molecule has 54 valence electrons. The first kappa shape index (κ1) is 7.91. The third-order valence-corrected chi connectivity index (χ3v) is 2.12. The van der Waals surface area contributed by atoms with E-state index >= 15 is 0 Å². The van der Waals surface area contributed by atoms with Gasteiger partial charge in [-0.25, -0.2) is 8.78 Å². The van der Waals surface area contributed by atoms with E-state index in [0.29, 0.717) is 3.57 Å². The highest BCUT2D eigenvalue weighted by Gasteiger charge is 2.08. The van der Waals surface area contributed by atoms with Crippen LogP contribution in [0.25, 0.3) is 0 Å². The van der Waals surface area contributed by atoms with Crippen molar-refractivity contribution in [3.8, 4) is 0 Å². The minimum atomic E-state index is -2.35. The van der Waals surface area contributed by atoms with E-state index in [-0.39, 0.29) is 5.56 Å². The first-order valence-corrected chi connectivity index (χ1v) is 3.82. The van der Waals surface area contributed by atoms with Gasteiger partial charge >= 0.3 is 0 Å². The van der Waals surface area contributed by atoms with Crippen molar-refractivity contribution in [3.63, 3.8) is 0 Å². The molecule has 0 aromatic heterocycles. The monoisotopic (exact) mass is 254 g/mol. The third kappa shape index (κ3) is 1.65. The summed E-state index contributed by atoms with van der Waals surface area (Å²) >= 11 is 1.90. The first-order valence-electron chi connectivity index (χ1n) is 2.74. The maximum atomic E-state index is 12.0. The second kappa shape index (κ2) is 3.27. The minimum Gasteiger partial charge on any atom is -0.205 e. The molecule has 0 spiro atoms. The van der Waals surface area contributed by atoms with Gasteiger partial charge in [0.1, 0.15) is 0 Å². The highest BCUT2D eigenvalue weighted by atomic mass is 127. The summed E-state index contributed by atoms with van der Waals surface area (Å²) in [5, 5.41) is 0. The Kier molecular flexibility index (Phi) is 2.59. The third-order valence-electron chi connectivity index (χ3n) is 1.14. The van der Waals surface area contributed by atoms with E-state index in [1.165, 1.54) is 6.07 Å². The van der Waals surface area contributed by atoms with Crippen LogP contribution in [-0.2, 0) is 0 Å². The van der Waals surface area contributed by atoms with Gasteiger partial charge in [-0.1, -0.05) is 18.2 Å². The average Bonchev–Trinajstić information content (AvgIpc) is 1.88. The Balaban J connectivity index is 3.03. The Morgan fingerprint density at radius 3 is 2.20 bits per heavy atom. The lowest BCUT2D eigenvalue weighted by molar-refractivity contribution is 0.150. The van der Waals surface area contributed by atoms with E-state index in [1.807, 2.05) is 22.6 Å². The van der Waals surface area contributed by atoms with Crippen molar-refractivity contribution in [2.24, 2.45) is 0 Å². The number of hydrogen-bond donors (Lipinski definition) is 0. The van der Waals surface area contributed by atoms with Gasteiger partial charge in [-0.2, -0.15) is 0 Å².